The number of hydrogen-bond acceptors (Lipinski definition) is 2. The van der Waals surface area contributed by atoms with E-state index in [4.69, 9.17) is 5.21 Å². The monoisotopic (exact) mass is 101 g/mol. The molecule has 0 saturated carbocycles. The highest BCUT2D eigenvalue weighted by Gasteiger charge is 1.93. The molecule has 0 aliphatic heterocycles. The lowest BCUT2D eigenvalue weighted by molar-refractivity contribution is -0.151. The first-order valence-electron chi connectivity index (χ1n) is 1.79. The zero-order valence-electron chi connectivity index (χ0n) is 4.09. The predicted molar refractivity (Wildman–Crippen MR) is 24.5 cm³/mol. The van der Waals surface area contributed by atoms with Gasteiger partial charge in [-0.15, -0.1) is 0 Å². The quantitative estimate of drug-likeness (QED) is 0.383. The first kappa shape index (κ1) is 6.17. The molecule has 40 valence electrons. The summed E-state index contributed by atoms with van der Waals surface area (Å²) in [6.45, 7) is 4.37. The van der Waals surface area contributed by atoms with Gasteiger partial charge in [-0.1, -0.05) is 6.58 Å². The molecule has 0 bridgehead atoms. The number of amides is 1. The van der Waals surface area contributed by atoms with Crippen molar-refractivity contribution in [1.29, 1.82) is 0 Å². The number of rotatable bonds is 1. The lowest BCUT2D eigenvalue weighted by Gasteiger charge is -2.01. The maximum Gasteiger partial charge on any atom is 0.246 e. The van der Waals surface area contributed by atoms with Gasteiger partial charge in [0.05, 0.1) is 0 Å². The van der Waals surface area contributed by atoms with Crippen molar-refractivity contribution in [3.63, 3.8) is 0 Å². The third-order valence-corrected chi connectivity index (χ3v) is 0.496. The van der Waals surface area contributed by atoms with Gasteiger partial charge in [0.25, 0.3) is 0 Å². The van der Waals surface area contributed by atoms with Gasteiger partial charge in [0.1, 0.15) is 0 Å². The average molecular weight is 101 g/mol. The molecule has 0 radical (unpaired) electrons. The summed E-state index contributed by atoms with van der Waals surface area (Å²) in [7, 11) is 0. The molecule has 0 heterocycles. The molecule has 0 saturated heterocycles. The minimum atomic E-state index is -0.435. The van der Waals surface area contributed by atoms with Crippen LogP contribution < -0.4 is 0 Å². The second-order valence-corrected chi connectivity index (χ2v) is 1.05. The van der Waals surface area contributed by atoms with Gasteiger partial charge in [-0.2, -0.15) is 5.06 Å². The van der Waals surface area contributed by atoms with Crippen molar-refractivity contribution in [2.45, 2.75) is 6.92 Å². The molecule has 0 unspecified atom stereocenters. The van der Waals surface area contributed by atoms with Crippen LogP contribution in [0.1, 0.15) is 6.92 Å². The smallest absolute Gasteiger partial charge is 0.246 e. The summed E-state index contributed by atoms with van der Waals surface area (Å²) in [6.07, 6.45) is 1.03. The molecule has 0 rings (SSSR count). The second kappa shape index (κ2) is 2.36. The lowest BCUT2D eigenvalue weighted by Crippen LogP contribution is -2.16. The van der Waals surface area contributed by atoms with E-state index in [0.717, 1.165) is 6.20 Å². The Labute approximate surface area is 41.8 Å². The Hall–Kier alpha value is -0.830. The number of hydrogen-bond donors (Lipinski definition) is 1. The Morgan fingerprint density at radius 2 is 2.43 bits per heavy atom. The molecule has 0 spiro atoms. The Morgan fingerprint density at radius 1 is 2.00 bits per heavy atom. The van der Waals surface area contributed by atoms with Gasteiger partial charge < -0.3 is 0 Å². The molecule has 0 atom stereocenters. The second-order valence-electron chi connectivity index (χ2n) is 1.05. The van der Waals surface area contributed by atoms with Crippen molar-refractivity contribution in [1.82, 2.24) is 5.06 Å². The van der Waals surface area contributed by atoms with E-state index in [0.29, 0.717) is 5.06 Å². The zero-order chi connectivity index (χ0) is 5.86. The van der Waals surface area contributed by atoms with Gasteiger partial charge in [0, 0.05) is 13.1 Å². The topological polar surface area (TPSA) is 40.5 Å². The van der Waals surface area contributed by atoms with Crippen molar-refractivity contribution >= 4 is 5.91 Å². The number of nitrogens with zero attached hydrogens (tertiary/aromatic N) is 1. The lowest BCUT2D eigenvalue weighted by atomic mass is 10.7. The summed E-state index contributed by atoms with van der Waals surface area (Å²) in [4.78, 5) is 9.98. The van der Waals surface area contributed by atoms with E-state index in [9.17, 15) is 4.79 Å². The molecule has 3 heteroatoms. The fourth-order valence-electron chi connectivity index (χ4n) is 0.129. The Morgan fingerprint density at radius 3 is 2.43 bits per heavy atom. The van der Waals surface area contributed by atoms with E-state index >= 15 is 0 Å². The van der Waals surface area contributed by atoms with Crippen LogP contribution in [0.15, 0.2) is 12.8 Å². The van der Waals surface area contributed by atoms with Crippen LogP contribution in [0, 0.1) is 0 Å². The number of carbonyl (C=O) groups excluding carboxylic acids is 1. The molecule has 0 aliphatic rings. The van der Waals surface area contributed by atoms with Crippen LogP contribution in [-0.2, 0) is 4.79 Å². The minimum Gasteiger partial charge on any atom is -0.282 e. The van der Waals surface area contributed by atoms with E-state index in [1.165, 1.54) is 6.92 Å². The molecule has 7 heavy (non-hydrogen) atoms. The summed E-state index contributed by atoms with van der Waals surface area (Å²) >= 11 is 0. The summed E-state index contributed by atoms with van der Waals surface area (Å²) in [5, 5.41) is 8.72. The van der Waals surface area contributed by atoms with Crippen molar-refractivity contribution in [3.8, 4) is 0 Å². The van der Waals surface area contributed by atoms with E-state index in [1.54, 1.807) is 0 Å². The SMILES string of the molecule is C=CN(O)C(C)=O. The number of carbonyl (C=O) groups is 1. The molecule has 0 aromatic heterocycles. The van der Waals surface area contributed by atoms with Crippen LogP contribution in [0.2, 0.25) is 0 Å². The fraction of sp³-hybridized carbons (Fsp3) is 0.250. The van der Waals surface area contributed by atoms with E-state index < -0.39 is 5.91 Å². The normalized spacial score (nSPS) is 7.71. The number of hydroxylamine groups is 2. The maximum atomic E-state index is 9.98. The van der Waals surface area contributed by atoms with Crippen molar-refractivity contribution in [2.75, 3.05) is 0 Å². The summed E-state index contributed by atoms with van der Waals surface area (Å²) < 4.78 is 0. The third kappa shape index (κ3) is 1.94. The van der Waals surface area contributed by atoms with Crippen molar-refractivity contribution in [2.24, 2.45) is 0 Å². The highest BCUT2D eigenvalue weighted by atomic mass is 16.5. The average Bonchev–Trinajstić information content (AvgIpc) is 1.65. The van der Waals surface area contributed by atoms with Crippen LogP contribution >= 0.6 is 0 Å². The molecular weight excluding hydrogens is 94.0 g/mol. The summed E-state index contributed by atoms with van der Waals surface area (Å²) in [5.41, 5.74) is 0. The van der Waals surface area contributed by atoms with Gasteiger partial charge in [-0.3, -0.25) is 10.0 Å². The molecule has 1 N–H and O–H groups in total. The largest absolute Gasteiger partial charge is 0.282 e. The van der Waals surface area contributed by atoms with Crippen LogP contribution in [0.3, 0.4) is 0 Å². The summed E-state index contributed by atoms with van der Waals surface area (Å²) in [5.74, 6) is -0.435. The van der Waals surface area contributed by atoms with Crippen LogP contribution in [0.5, 0.6) is 0 Å². The minimum absolute atomic E-state index is 0.417. The highest BCUT2D eigenvalue weighted by Crippen LogP contribution is 1.78. The van der Waals surface area contributed by atoms with Gasteiger partial charge in [0.2, 0.25) is 5.91 Å². The van der Waals surface area contributed by atoms with Crippen molar-refractivity contribution < 1.29 is 10.0 Å². The fourth-order valence-corrected chi connectivity index (χ4v) is 0.129. The van der Waals surface area contributed by atoms with Crippen LogP contribution in [-0.4, -0.2) is 16.2 Å². The highest BCUT2D eigenvalue weighted by molar-refractivity contribution is 5.72. The van der Waals surface area contributed by atoms with E-state index in [-0.39, 0.29) is 0 Å². The molecule has 1 amide bonds. The Balaban J connectivity index is 3.55. The van der Waals surface area contributed by atoms with E-state index in [2.05, 4.69) is 6.58 Å². The Bertz CT molecular complexity index is 89.7. The van der Waals surface area contributed by atoms with Crippen molar-refractivity contribution in [3.05, 3.63) is 12.8 Å². The molecule has 0 fully saturated rings. The predicted octanol–water partition coefficient (Wildman–Crippen LogP) is 0.368. The van der Waals surface area contributed by atoms with Gasteiger partial charge in [-0.25, -0.2) is 0 Å². The third-order valence-electron chi connectivity index (χ3n) is 0.496. The Kier molecular flexibility index (Phi) is 2.08. The molecule has 0 aromatic rings. The first-order valence-corrected chi connectivity index (χ1v) is 1.79. The first-order chi connectivity index (χ1) is 3.18. The van der Waals surface area contributed by atoms with Gasteiger partial charge in [-0.05, 0) is 0 Å². The van der Waals surface area contributed by atoms with Gasteiger partial charge in [0.15, 0.2) is 0 Å². The van der Waals surface area contributed by atoms with E-state index in [1.807, 2.05) is 0 Å². The van der Waals surface area contributed by atoms with Gasteiger partial charge >= 0.3 is 0 Å². The van der Waals surface area contributed by atoms with Crippen LogP contribution in [0.25, 0.3) is 0 Å². The molecular formula is C4H7NO2. The molecule has 3 nitrogen and oxygen atoms in total. The zero-order valence-corrected chi connectivity index (χ0v) is 4.09. The van der Waals surface area contributed by atoms with Crippen LogP contribution in [0.4, 0.5) is 0 Å². The molecule has 0 aromatic carbocycles. The standard InChI is InChI=1S/C4H7NO2/c1-3-5(7)4(2)6/h3,7H,1H2,2H3. The molecule has 0 aliphatic carbocycles. The maximum absolute atomic E-state index is 9.98. The summed E-state index contributed by atoms with van der Waals surface area (Å²) in [6, 6.07) is 0.